The molecule has 0 bridgehead atoms. The van der Waals surface area contributed by atoms with E-state index in [1.807, 2.05) is 6.07 Å². The van der Waals surface area contributed by atoms with Gasteiger partial charge in [-0.3, -0.25) is 19.9 Å². The van der Waals surface area contributed by atoms with Gasteiger partial charge in [0.05, 0.1) is 6.54 Å². The molecule has 6 heteroatoms. The molecule has 2 amide bonds. The first-order valence-corrected chi connectivity index (χ1v) is 7.85. The Morgan fingerprint density at radius 1 is 1.04 bits per heavy atom. The summed E-state index contributed by atoms with van der Waals surface area (Å²) in [6, 6.07) is 15.0. The van der Waals surface area contributed by atoms with Crippen LogP contribution in [0.25, 0.3) is 0 Å². The fraction of sp³-hybridized carbons (Fsp3) is 0.222. The number of nitrogens with zero attached hydrogens (tertiary/aromatic N) is 1. The Bertz CT molecular complexity index is 743. The van der Waals surface area contributed by atoms with E-state index in [0.29, 0.717) is 17.8 Å². The summed E-state index contributed by atoms with van der Waals surface area (Å²) in [4.78, 5) is 25.7. The quantitative estimate of drug-likeness (QED) is 0.449. The van der Waals surface area contributed by atoms with Crippen molar-refractivity contribution in [3.05, 3.63) is 65.2 Å². The molecular weight excluding hydrogens is 304 g/mol. The Labute approximate surface area is 140 Å². The van der Waals surface area contributed by atoms with Crippen molar-refractivity contribution in [3.8, 4) is 0 Å². The number of nitrogens with one attached hydrogen (secondary N) is 2. The number of hydrogen-bond donors (Lipinski definition) is 3. The average Bonchev–Trinajstić information content (AvgIpc) is 2.61. The van der Waals surface area contributed by atoms with E-state index < -0.39 is 0 Å². The van der Waals surface area contributed by atoms with Crippen LogP contribution in [-0.2, 0) is 17.8 Å². The maximum Gasteiger partial charge on any atom is 0.265 e. The number of nitrogens with two attached hydrogens (primary N) is 1. The van der Waals surface area contributed by atoms with E-state index in [1.54, 1.807) is 24.3 Å². The average molecular weight is 324 g/mol. The zero-order valence-corrected chi connectivity index (χ0v) is 13.3. The number of amides is 2. The van der Waals surface area contributed by atoms with Crippen LogP contribution in [0.4, 0.5) is 5.69 Å². The van der Waals surface area contributed by atoms with Crippen LogP contribution in [0.2, 0.25) is 0 Å². The lowest BCUT2D eigenvalue weighted by atomic mass is 10.00. The number of hydrazine groups is 1. The minimum absolute atomic E-state index is 0.0644. The predicted molar refractivity (Wildman–Crippen MR) is 92.1 cm³/mol. The van der Waals surface area contributed by atoms with Gasteiger partial charge in [-0.15, -0.1) is 0 Å². The largest absolute Gasteiger partial charge is 0.325 e. The van der Waals surface area contributed by atoms with E-state index in [2.05, 4.69) is 33.8 Å². The van der Waals surface area contributed by atoms with Gasteiger partial charge in [-0.25, -0.2) is 5.84 Å². The Kier molecular flexibility index (Phi) is 4.88. The van der Waals surface area contributed by atoms with Gasteiger partial charge in [0.15, 0.2) is 0 Å². The van der Waals surface area contributed by atoms with Crippen LogP contribution >= 0.6 is 0 Å². The van der Waals surface area contributed by atoms with Crippen LogP contribution < -0.4 is 16.6 Å². The van der Waals surface area contributed by atoms with Crippen molar-refractivity contribution in [3.63, 3.8) is 0 Å². The molecule has 2 aromatic rings. The molecule has 3 rings (SSSR count). The number of anilines is 1. The Balaban J connectivity index is 1.55. The molecule has 24 heavy (non-hydrogen) atoms. The molecule has 124 valence electrons. The Hall–Kier alpha value is -2.70. The minimum Gasteiger partial charge on any atom is -0.325 e. The lowest BCUT2D eigenvalue weighted by Crippen LogP contribution is -2.37. The zero-order valence-electron chi connectivity index (χ0n) is 13.3. The predicted octanol–water partition coefficient (Wildman–Crippen LogP) is 1.29. The van der Waals surface area contributed by atoms with Crippen molar-refractivity contribution in [1.82, 2.24) is 10.3 Å². The molecule has 1 aliphatic heterocycles. The van der Waals surface area contributed by atoms with Crippen molar-refractivity contribution in [2.75, 3.05) is 18.4 Å². The SMILES string of the molecule is NNC(=O)c1ccc(NC(=O)CN2CCc3ccccc3C2)cc1. The molecule has 0 atom stereocenters. The Morgan fingerprint density at radius 3 is 2.46 bits per heavy atom. The summed E-state index contributed by atoms with van der Waals surface area (Å²) in [5, 5.41) is 2.85. The molecule has 1 aliphatic rings. The number of rotatable bonds is 4. The van der Waals surface area contributed by atoms with E-state index in [0.717, 1.165) is 19.5 Å². The number of carbonyl (C=O) groups is 2. The summed E-state index contributed by atoms with van der Waals surface area (Å²) in [6.07, 6.45) is 0.965. The molecule has 0 radical (unpaired) electrons. The fourth-order valence-electron chi connectivity index (χ4n) is 2.88. The molecular formula is C18H20N4O2. The smallest absolute Gasteiger partial charge is 0.265 e. The van der Waals surface area contributed by atoms with Crippen LogP contribution in [0.15, 0.2) is 48.5 Å². The third-order valence-electron chi connectivity index (χ3n) is 4.14. The number of nitrogen functional groups attached to an aromatic ring is 1. The molecule has 6 nitrogen and oxygen atoms in total. The first kappa shape index (κ1) is 16.2. The summed E-state index contributed by atoms with van der Waals surface area (Å²) in [6.45, 7) is 2.01. The molecule has 0 spiro atoms. The highest BCUT2D eigenvalue weighted by Gasteiger charge is 2.18. The normalized spacial score (nSPS) is 13.9. The van der Waals surface area contributed by atoms with E-state index in [4.69, 9.17) is 5.84 Å². The highest BCUT2D eigenvalue weighted by molar-refractivity contribution is 5.95. The van der Waals surface area contributed by atoms with E-state index in [-0.39, 0.29) is 11.8 Å². The summed E-state index contributed by atoms with van der Waals surface area (Å²) in [5.41, 5.74) is 5.83. The standard InChI is InChI=1S/C18H20N4O2/c19-21-18(24)14-5-7-16(8-6-14)20-17(23)12-22-10-9-13-3-1-2-4-15(13)11-22/h1-8H,9-12,19H2,(H,20,23)(H,21,24). The van der Waals surface area contributed by atoms with Crippen molar-refractivity contribution in [2.45, 2.75) is 13.0 Å². The lowest BCUT2D eigenvalue weighted by molar-refractivity contribution is -0.117. The number of benzene rings is 2. The second-order valence-electron chi connectivity index (χ2n) is 5.83. The minimum atomic E-state index is -0.361. The first-order valence-electron chi connectivity index (χ1n) is 7.85. The molecule has 0 saturated heterocycles. The van der Waals surface area contributed by atoms with E-state index in [9.17, 15) is 9.59 Å². The zero-order chi connectivity index (χ0) is 16.9. The maximum absolute atomic E-state index is 12.2. The van der Waals surface area contributed by atoms with Gasteiger partial charge >= 0.3 is 0 Å². The van der Waals surface area contributed by atoms with Gasteiger partial charge in [-0.2, -0.15) is 0 Å². The van der Waals surface area contributed by atoms with Gasteiger partial charge in [0.25, 0.3) is 5.91 Å². The third-order valence-corrected chi connectivity index (χ3v) is 4.14. The van der Waals surface area contributed by atoms with Gasteiger partial charge in [-0.05, 0) is 41.8 Å². The summed E-state index contributed by atoms with van der Waals surface area (Å²) < 4.78 is 0. The molecule has 1 heterocycles. The molecule has 0 aliphatic carbocycles. The van der Waals surface area contributed by atoms with Crippen LogP contribution in [-0.4, -0.2) is 29.8 Å². The highest BCUT2D eigenvalue weighted by Crippen LogP contribution is 2.18. The second kappa shape index (κ2) is 7.25. The molecule has 0 fully saturated rings. The monoisotopic (exact) mass is 324 g/mol. The maximum atomic E-state index is 12.2. The summed E-state index contributed by atoms with van der Waals surface area (Å²) in [5.74, 6) is 4.66. The van der Waals surface area contributed by atoms with Crippen molar-refractivity contribution in [2.24, 2.45) is 5.84 Å². The first-order chi connectivity index (χ1) is 11.7. The third kappa shape index (κ3) is 3.79. The van der Waals surface area contributed by atoms with Crippen LogP contribution in [0.3, 0.4) is 0 Å². The van der Waals surface area contributed by atoms with Crippen molar-refractivity contribution < 1.29 is 9.59 Å². The van der Waals surface area contributed by atoms with Crippen LogP contribution in [0.5, 0.6) is 0 Å². The number of hydrogen-bond acceptors (Lipinski definition) is 4. The number of carbonyl (C=O) groups excluding carboxylic acids is 2. The van der Waals surface area contributed by atoms with Crippen LogP contribution in [0.1, 0.15) is 21.5 Å². The van der Waals surface area contributed by atoms with Gasteiger partial charge < -0.3 is 5.32 Å². The molecule has 0 unspecified atom stereocenters. The van der Waals surface area contributed by atoms with Crippen LogP contribution in [0, 0.1) is 0 Å². The van der Waals surface area contributed by atoms with Gasteiger partial charge in [-0.1, -0.05) is 24.3 Å². The second-order valence-corrected chi connectivity index (χ2v) is 5.83. The number of fused-ring (bicyclic) bond motifs is 1. The van der Waals surface area contributed by atoms with Crippen molar-refractivity contribution in [1.29, 1.82) is 0 Å². The van der Waals surface area contributed by atoms with Gasteiger partial charge in [0.2, 0.25) is 5.91 Å². The molecule has 4 N–H and O–H groups in total. The van der Waals surface area contributed by atoms with E-state index in [1.165, 1.54) is 11.1 Å². The van der Waals surface area contributed by atoms with E-state index >= 15 is 0 Å². The van der Waals surface area contributed by atoms with Gasteiger partial charge in [0, 0.05) is 24.3 Å². The summed E-state index contributed by atoms with van der Waals surface area (Å²) in [7, 11) is 0. The molecule has 0 aromatic heterocycles. The van der Waals surface area contributed by atoms with Gasteiger partial charge in [0.1, 0.15) is 0 Å². The summed E-state index contributed by atoms with van der Waals surface area (Å²) >= 11 is 0. The van der Waals surface area contributed by atoms with Crippen molar-refractivity contribution >= 4 is 17.5 Å². The Morgan fingerprint density at radius 2 is 1.75 bits per heavy atom. The fourth-order valence-corrected chi connectivity index (χ4v) is 2.88. The molecule has 0 saturated carbocycles. The lowest BCUT2D eigenvalue weighted by Gasteiger charge is -2.28. The topological polar surface area (TPSA) is 87.5 Å². The highest BCUT2D eigenvalue weighted by atomic mass is 16.2. The molecule has 2 aromatic carbocycles.